The molecule has 1 rings (SSSR count). The van der Waals surface area contributed by atoms with Gasteiger partial charge in [0, 0.05) is 26.2 Å². The van der Waals surface area contributed by atoms with Gasteiger partial charge < -0.3 is 15.8 Å². The van der Waals surface area contributed by atoms with E-state index in [0.29, 0.717) is 31.5 Å². The third kappa shape index (κ3) is 9.11. The van der Waals surface area contributed by atoms with Gasteiger partial charge in [0.2, 0.25) is 5.91 Å². The quantitative estimate of drug-likeness (QED) is 0.685. The predicted octanol–water partition coefficient (Wildman–Crippen LogP) is 2.07. The molecule has 1 saturated heterocycles. The molecule has 0 aliphatic carbocycles. The zero-order valence-corrected chi connectivity index (χ0v) is 16.5. The zero-order valence-electron chi connectivity index (χ0n) is 14.9. The van der Waals surface area contributed by atoms with Crippen molar-refractivity contribution in [3.8, 4) is 0 Å². The van der Waals surface area contributed by atoms with Crippen molar-refractivity contribution in [2.75, 3.05) is 33.3 Å². The van der Waals surface area contributed by atoms with Gasteiger partial charge >= 0.3 is 0 Å². The van der Waals surface area contributed by atoms with Crippen molar-refractivity contribution in [1.82, 2.24) is 10.2 Å². The van der Waals surface area contributed by atoms with E-state index >= 15 is 0 Å². The van der Waals surface area contributed by atoms with Gasteiger partial charge in [-0.25, -0.2) is 0 Å². The van der Waals surface area contributed by atoms with Crippen LogP contribution in [0, 0.1) is 11.8 Å². The average molecular weight is 372 g/mol. The highest BCUT2D eigenvalue weighted by atomic mass is 35.5. The average Bonchev–Trinajstić information content (AvgIpc) is 2.46. The summed E-state index contributed by atoms with van der Waals surface area (Å²) in [6.07, 6.45) is 2.68. The number of nitrogens with two attached hydrogens (primary N) is 1. The molecule has 1 amide bonds. The normalized spacial score (nSPS) is 18.7. The van der Waals surface area contributed by atoms with E-state index in [2.05, 4.69) is 31.0 Å². The van der Waals surface area contributed by atoms with Crippen LogP contribution >= 0.6 is 24.8 Å². The molecule has 0 saturated carbocycles. The summed E-state index contributed by atoms with van der Waals surface area (Å²) in [5.41, 5.74) is 5.55. The highest BCUT2D eigenvalue weighted by Crippen LogP contribution is 2.21. The number of carbonyl (C=O) groups excluding carboxylic acids is 1. The second-order valence-electron chi connectivity index (χ2n) is 6.63. The Morgan fingerprint density at radius 2 is 1.87 bits per heavy atom. The fourth-order valence-corrected chi connectivity index (χ4v) is 2.91. The molecular formula is C16H35Cl2N3O2. The summed E-state index contributed by atoms with van der Waals surface area (Å²) in [7, 11) is 1.59. The molecule has 0 aromatic heterocycles. The van der Waals surface area contributed by atoms with Crippen LogP contribution in [-0.2, 0) is 9.53 Å². The van der Waals surface area contributed by atoms with Crippen LogP contribution in [0.1, 0.15) is 40.0 Å². The topological polar surface area (TPSA) is 67.6 Å². The number of rotatable bonds is 8. The second-order valence-corrected chi connectivity index (χ2v) is 6.63. The molecule has 0 aromatic carbocycles. The Morgan fingerprint density at radius 3 is 2.30 bits per heavy atom. The first-order chi connectivity index (χ1) is 9.97. The Morgan fingerprint density at radius 1 is 1.30 bits per heavy atom. The second kappa shape index (κ2) is 13.2. The fraction of sp³-hybridized carbons (Fsp3) is 0.938. The highest BCUT2D eigenvalue weighted by Gasteiger charge is 2.26. The van der Waals surface area contributed by atoms with Crippen molar-refractivity contribution in [3.05, 3.63) is 0 Å². The summed E-state index contributed by atoms with van der Waals surface area (Å²) in [4.78, 5) is 14.5. The molecule has 0 radical (unpaired) electrons. The van der Waals surface area contributed by atoms with Gasteiger partial charge in [-0.2, -0.15) is 0 Å². The van der Waals surface area contributed by atoms with Gasteiger partial charge in [-0.05, 0) is 37.8 Å². The van der Waals surface area contributed by atoms with Crippen LogP contribution in [-0.4, -0.2) is 56.2 Å². The van der Waals surface area contributed by atoms with Crippen LogP contribution in [0.15, 0.2) is 0 Å². The van der Waals surface area contributed by atoms with Crippen molar-refractivity contribution in [2.45, 2.75) is 52.2 Å². The minimum Gasteiger partial charge on any atom is -0.380 e. The molecule has 1 fully saturated rings. The number of ether oxygens (including phenoxy) is 1. The lowest BCUT2D eigenvalue weighted by molar-refractivity contribution is -0.123. The summed E-state index contributed by atoms with van der Waals surface area (Å²) in [6, 6.07) is 0.417. The number of methoxy groups -OCH3 is 1. The number of likely N-dealkylation sites (tertiary alicyclic amines) is 1. The monoisotopic (exact) mass is 371 g/mol. The van der Waals surface area contributed by atoms with E-state index < -0.39 is 0 Å². The zero-order chi connectivity index (χ0) is 15.8. The van der Waals surface area contributed by atoms with Gasteiger partial charge in [0.15, 0.2) is 0 Å². The SMILES string of the molecule is COC(CN)CC(=O)NCC(C(C)C)N1CCC(C)CC1.Cl.Cl. The van der Waals surface area contributed by atoms with Crippen molar-refractivity contribution in [3.63, 3.8) is 0 Å². The van der Waals surface area contributed by atoms with E-state index in [0.717, 1.165) is 19.0 Å². The molecule has 2 atom stereocenters. The lowest BCUT2D eigenvalue weighted by Crippen LogP contribution is -2.50. The third-order valence-corrected chi connectivity index (χ3v) is 4.57. The van der Waals surface area contributed by atoms with Crippen LogP contribution in [0.3, 0.4) is 0 Å². The Balaban J connectivity index is 0. The molecule has 5 nitrogen and oxygen atoms in total. The van der Waals surface area contributed by atoms with Gasteiger partial charge in [-0.3, -0.25) is 9.69 Å². The molecular weight excluding hydrogens is 337 g/mol. The number of amides is 1. The lowest BCUT2D eigenvalue weighted by atomic mass is 9.94. The van der Waals surface area contributed by atoms with E-state index in [1.807, 2.05) is 0 Å². The number of halogens is 2. The Labute approximate surface area is 153 Å². The maximum Gasteiger partial charge on any atom is 0.222 e. The Hall–Kier alpha value is -0.0700. The van der Waals surface area contributed by atoms with Crippen molar-refractivity contribution < 1.29 is 9.53 Å². The van der Waals surface area contributed by atoms with Crippen molar-refractivity contribution in [1.29, 1.82) is 0 Å². The summed E-state index contributed by atoms with van der Waals surface area (Å²) in [6.45, 7) is 10.2. The summed E-state index contributed by atoms with van der Waals surface area (Å²) in [5.74, 6) is 1.39. The number of piperidine rings is 1. The van der Waals surface area contributed by atoms with E-state index in [1.54, 1.807) is 7.11 Å². The van der Waals surface area contributed by atoms with Crippen LogP contribution in [0.4, 0.5) is 0 Å². The minimum atomic E-state index is -0.182. The lowest BCUT2D eigenvalue weighted by Gasteiger charge is -2.39. The number of nitrogens with one attached hydrogen (secondary N) is 1. The highest BCUT2D eigenvalue weighted by molar-refractivity contribution is 5.85. The number of hydrogen-bond donors (Lipinski definition) is 2. The van der Waals surface area contributed by atoms with Crippen LogP contribution < -0.4 is 11.1 Å². The summed E-state index contributed by atoms with van der Waals surface area (Å²) in [5, 5.41) is 3.06. The fourth-order valence-electron chi connectivity index (χ4n) is 2.91. The smallest absolute Gasteiger partial charge is 0.222 e. The van der Waals surface area contributed by atoms with E-state index in [1.165, 1.54) is 12.8 Å². The molecule has 23 heavy (non-hydrogen) atoms. The molecule has 0 aromatic rings. The molecule has 0 spiro atoms. The number of nitrogens with zero attached hydrogens (tertiary/aromatic N) is 1. The van der Waals surface area contributed by atoms with Crippen molar-refractivity contribution in [2.24, 2.45) is 17.6 Å². The first kappa shape index (κ1) is 25.2. The maximum absolute atomic E-state index is 12.0. The molecule has 7 heteroatoms. The maximum atomic E-state index is 12.0. The van der Waals surface area contributed by atoms with Gasteiger partial charge in [0.05, 0.1) is 12.5 Å². The molecule has 140 valence electrons. The van der Waals surface area contributed by atoms with Crippen molar-refractivity contribution >= 4 is 30.7 Å². The van der Waals surface area contributed by atoms with Crippen LogP contribution in [0.5, 0.6) is 0 Å². The molecule has 0 bridgehead atoms. The first-order valence-electron chi connectivity index (χ1n) is 8.21. The van der Waals surface area contributed by atoms with Crippen LogP contribution in [0.2, 0.25) is 0 Å². The molecule has 1 aliphatic rings. The summed E-state index contributed by atoms with van der Waals surface area (Å²) >= 11 is 0. The summed E-state index contributed by atoms with van der Waals surface area (Å²) < 4.78 is 5.16. The predicted molar refractivity (Wildman–Crippen MR) is 101 cm³/mol. The van der Waals surface area contributed by atoms with Gasteiger partial charge in [-0.1, -0.05) is 20.8 Å². The number of hydrogen-bond acceptors (Lipinski definition) is 4. The molecule has 2 unspecified atom stereocenters. The van der Waals surface area contributed by atoms with Gasteiger partial charge in [0.25, 0.3) is 0 Å². The Kier molecular flexibility index (Phi) is 14.5. The molecule has 3 N–H and O–H groups in total. The number of carbonyl (C=O) groups is 1. The van der Waals surface area contributed by atoms with E-state index in [4.69, 9.17) is 10.5 Å². The standard InChI is InChI=1S/C16H33N3O2.2ClH/c1-12(2)15(19-7-5-13(3)6-8-19)11-18-16(20)9-14(10-17)21-4;;/h12-15H,5-11,17H2,1-4H3,(H,18,20);2*1H. The van der Waals surface area contributed by atoms with Gasteiger partial charge in [0.1, 0.15) is 0 Å². The molecule has 1 heterocycles. The third-order valence-electron chi connectivity index (χ3n) is 4.57. The van der Waals surface area contributed by atoms with E-state index in [-0.39, 0.29) is 36.8 Å². The largest absolute Gasteiger partial charge is 0.380 e. The molecule has 1 aliphatic heterocycles. The minimum absolute atomic E-state index is 0. The van der Waals surface area contributed by atoms with Gasteiger partial charge in [-0.15, -0.1) is 24.8 Å². The Bertz CT molecular complexity index is 308. The first-order valence-corrected chi connectivity index (χ1v) is 8.21. The van der Waals surface area contributed by atoms with Crippen LogP contribution in [0.25, 0.3) is 0 Å². The van der Waals surface area contributed by atoms with E-state index in [9.17, 15) is 4.79 Å².